The van der Waals surface area contributed by atoms with Crippen LogP contribution in [-0.4, -0.2) is 4.98 Å². The molecule has 0 aromatic carbocycles. The zero-order valence-corrected chi connectivity index (χ0v) is 8.53. The Balaban J connectivity index is 2.16. The van der Waals surface area contributed by atoms with Crippen LogP contribution in [0.4, 0.5) is 0 Å². The molecule has 0 fully saturated rings. The third-order valence-electron chi connectivity index (χ3n) is 2.93. The van der Waals surface area contributed by atoms with Crippen LogP contribution in [-0.2, 0) is 0 Å². The van der Waals surface area contributed by atoms with Crippen molar-refractivity contribution < 1.29 is 4.42 Å². The van der Waals surface area contributed by atoms with Crippen molar-refractivity contribution in [3.05, 3.63) is 48.2 Å². The molecule has 74 valence electrons. The van der Waals surface area contributed by atoms with E-state index in [1.54, 1.807) is 6.26 Å². The second-order valence-corrected chi connectivity index (χ2v) is 3.76. The number of aromatic amines is 1. The highest BCUT2D eigenvalue weighted by atomic mass is 16.3. The summed E-state index contributed by atoms with van der Waals surface area (Å²) in [7, 11) is 0. The van der Waals surface area contributed by atoms with E-state index >= 15 is 0 Å². The number of nitrogens with one attached hydrogen (secondary N) is 1. The van der Waals surface area contributed by atoms with E-state index in [4.69, 9.17) is 4.42 Å². The fourth-order valence-corrected chi connectivity index (χ4v) is 1.72. The van der Waals surface area contributed by atoms with E-state index in [1.165, 1.54) is 11.3 Å². The molecule has 0 saturated heterocycles. The van der Waals surface area contributed by atoms with Gasteiger partial charge in [0.15, 0.2) is 0 Å². The Bertz CT molecular complexity index is 323. The third kappa shape index (κ3) is 1.60. The zero-order chi connectivity index (χ0) is 9.97. The van der Waals surface area contributed by atoms with Gasteiger partial charge in [0.2, 0.25) is 0 Å². The average Bonchev–Trinajstić information content (AvgIpc) is 2.87. The summed E-state index contributed by atoms with van der Waals surface area (Å²) in [6, 6.07) is 6.19. The van der Waals surface area contributed by atoms with Crippen molar-refractivity contribution in [2.24, 2.45) is 0 Å². The lowest BCUT2D eigenvalue weighted by atomic mass is 9.88. The fraction of sp³-hybridized carbons (Fsp3) is 0.333. The molecule has 2 nitrogen and oxygen atoms in total. The summed E-state index contributed by atoms with van der Waals surface area (Å²) in [5.74, 6) is 0.968. The first kappa shape index (κ1) is 9.13. The number of hydrogen-bond donors (Lipinski definition) is 1. The van der Waals surface area contributed by atoms with Gasteiger partial charge in [0.25, 0.3) is 0 Å². The first-order chi connectivity index (χ1) is 6.79. The van der Waals surface area contributed by atoms with Crippen molar-refractivity contribution >= 4 is 0 Å². The van der Waals surface area contributed by atoms with Gasteiger partial charge in [-0.05, 0) is 29.7 Å². The van der Waals surface area contributed by atoms with E-state index in [2.05, 4.69) is 24.9 Å². The van der Waals surface area contributed by atoms with Crippen LogP contribution in [0.15, 0.2) is 41.3 Å². The highest BCUT2D eigenvalue weighted by molar-refractivity contribution is 5.20. The number of aromatic nitrogens is 1. The standard InChI is InChI=1S/C12H15NO/c1-9(11-5-7-14-8-11)10(2)12-4-3-6-13-12/h3-10,13H,1-2H3. The maximum atomic E-state index is 5.09. The van der Waals surface area contributed by atoms with Gasteiger partial charge in [-0.3, -0.25) is 0 Å². The minimum atomic E-state index is 0.479. The van der Waals surface area contributed by atoms with E-state index in [1.807, 2.05) is 24.6 Å². The summed E-state index contributed by atoms with van der Waals surface area (Å²) in [5.41, 5.74) is 2.53. The van der Waals surface area contributed by atoms with Crippen LogP contribution in [0.1, 0.15) is 36.9 Å². The van der Waals surface area contributed by atoms with Gasteiger partial charge in [-0.1, -0.05) is 13.8 Å². The van der Waals surface area contributed by atoms with Crippen LogP contribution in [0.5, 0.6) is 0 Å². The molecule has 1 N–H and O–H groups in total. The maximum Gasteiger partial charge on any atom is 0.0937 e. The highest BCUT2D eigenvalue weighted by Gasteiger charge is 2.17. The normalized spacial score (nSPS) is 15.3. The highest BCUT2D eigenvalue weighted by Crippen LogP contribution is 2.31. The topological polar surface area (TPSA) is 28.9 Å². The van der Waals surface area contributed by atoms with Crippen LogP contribution in [0.25, 0.3) is 0 Å². The molecule has 0 aliphatic rings. The van der Waals surface area contributed by atoms with Crippen molar-refractivity contribution in [3.8, 4) is 0 Å². The van der Waals surface area contributed by atoms with Crippen LogP contribution in [0.3, 0.4) is 0 Å². The van der Waals surface area contributed by atoms with E-state index in [0.29, 0.717) is 11.8 Å². The van der Waals surface area contributed by atoms with Gasteiger partial charge in [-0.2, -0.15) is 0 Å². The fourth-order valence-electron chi connectivity index (χ4n) is 1.72. The molecule has 0 bridgehead atoms. The first-order valence-electron chi connectivity index (χ1n) is 4.94. The largest absolute Gasteiger partial charge is 0.472 e. The zero-order valence-electron chi connectivity index (χ0n) is 8.53. The number of H-pyrrole nitrogens is 1. The molecule has 2 heteroatoms. The minimum absolute atomic E-state index is 0.479. The van der Waals surface area contributed by atoms with Gasteiger partial charge < -0.3 is 9.40 Å². The Morgan fingerprint density at radius 2 is 2.07 bits per heavy atom. The molecule has 2 aromatic heterocycles. The molecule has 0 amide bonds. The smallest absolute Gasteiger partial charge is 0.0937 e. The van der Waals surface area contributed by atoms with Crippen LogP contribution in [0, 0.1) is 0 Å². The van der Waals surface area contributed by atoms with Crippen LogP contribution in [0.2, 0.25) is 0 Å². The molecule has 2 unspecified atom stereocenters. The van der Waals surface area contributed by atoms with E-state index in [9.17, 15) is 0 Å². The second kappa shape index (κ2) is 3.74. The Kier molecular flexibility index (Phi) is 2.44. The van der Waals surface area contributed by atoms with Gasteiger partial charge in [-0.25, -0.2) is 0 Å². The van der Waals surface area contributed by atoms with Gasteiger partial charge in [0.05, 0.1) is 12.5 Å². The van der Waals surface area contributed by atoms with Gasteiger partial charge >= 0.3 is 0 Å². The molecule has 0 saturated carbocycles. The second-order valence-electron chi connectivity index (χ2n) is 3.76. The Morgan fingerprint density at radius 1 is 1.21 bits per heavy atom. The minimum Gasteiger partial charge on any atom is -0.472 e. The van der Waals surface area contributed by atoms with Crippen molar-refractivity contribution in [2.75, 3.05) is 0 Å². The molecule has 2 rings (SSSR count). The molecule has 2 atom stereocenters. The lowest BCUT2D eigenvalue weighted by Gasteiger charge is -2.17. The summed E-state index contributed by atoms with van der Waals surface area (Å²) < 4.78 is 5.09. The molecular weight excluding hydrogens is 174 g/mol. The SMILES string of the molecule is CC(c1ccoc1)C(C)c1ccc[nH]1. The Morgan fingerprint density at radius 3 is 2.64 bits per heavy atom. The van der Waals surface area contributed by atoms with Crippen molar-refractivity contribution in [3.63, 3.8) is 0 Å². The number of rotatable bonds is 3. The summed E-state index contributed by atoms with van der Waals surface area (Å²) >= 11 is 0. The molecule has 0 aliphatic heterocycles. The van der Waals surface area contributed by atoms with Crippen LogP contribution >= 0.6 is 0 Å². The van der Waals surface area contributed by atoms with E-state index < -0.39 is 0 Å². The molecule has 0 spiro atoms. The van der Waals surface area contributed by atoms with Crippen molar-refractivity contribution in [2.45, 2.75) is 25.7 Å². The quantitative estimate of drug-likeness (QED) is 0.786. The predicted octanol–water partition coefficient (Wildman–Crippen LogP) is 3.51. The predicted molar refractivity (Wildman–Crippen MR) is 56.3 cm³/mol. The van der Waals surface area contributed by atoms with Crippen molar-refractivity contribution in [1.82, 2.24) is 4.98 Å². The van der Waals surface area contributed by atoms with E-state index in [0.717, 1.165) is 0 Å². The number of hydrogen-bond acceptors (Lipinski definition) is 1. The molecule has 2 aromatic rings. The van der Waals surface area contributed by atoms with E-state index in [-0.39, 0.29) is 0 Å². The molecule has 14 heavy (non-hydrogen) atoms. The lowest BCUT2D eigenvalue weighted by molar-refractivity contribution is 0.549. The molecule has 0 aliphatic carbocycles. The number of furan rings is 1. The Labute approximate surface area is 84.0 Å². The summed E-state index contributed by atoms with van der Waals surface area (Å²) in [5, 5.41) is 0. The average molecular weight is 189 g/mol. The first-order valence-corrected chi connectivity index (χ1v) is 4.94. The summed E-state index contributed by atoms with van der Waals surface area (Å²) in [6.07, 6.45) is 5.52. The third-order valence-corrected chi connectivity index (χ3v) is 2.93. The lowest BCUT2D eigenvalue weighted by Crippen LogP contribution is -2.03. The summed E-state index contributed by atoms with van der Waals surface area (Å²) in [4.78, 5) is 3.25. The molecule has 0 radical (unpaired) electrons. The Hall–Kier alpha value is -1.44. The molecular formula is C12H15NO. The van der Waals surface area contributed by atoms with Gasteiger partial charge in [0, 0.05) is 17.8 Å². The van der Waals surface area contributed by atoms with Gasteiger partial charge in [0.1, 0.15) is 0 Å². The summed E-state index contributed by atoms with van der Waals surface area (Å²) in [6.45, 7) is 4.44. The maximum absolute atomic E-state index is 5.09. The monoisotopic (exact) mass is 189 g/mol. The molecule has 2 heterocycles. The van der Waals surface area contributed by atoms with Crippen molar-refractivity contribution in [1.29, 1.82) is 0 Å². The van der Waals surface area contributed by atoms with Gasteiger partial charge in [-0.15, -0.1) is 0 Å². The van der Waals surface area contributed by atoms with Crippen LogP contribution < -0.4 is 0 Å².